The number of carboxylic acid groups (broad SMARTS) is 1. The van der Waals surface area contributed by atoms with Crippen molar-refractivity contribution in [1.82, 2.24) is 4.98 Å². The average Bonchev–Trinajstić information content (AvgIpc) is 2.89. The van der Waals surface area contributed by atoms with Crippen LogP contribution in [-0.4, -0.2) is 22.0 Å². The predicted molar refractivity (Wildman–Crippen MR) is 80.5 cm³/mol. The highest BCUT2D eigenvalue weighted by atomic mass is 32.1. The molecule has 1 aromatic rings. The monoisotopic (exact) mass is 308 g/mol. The average molecular weight is 308 g/mol. The molecule has 2 aliphatic carbocycles. The van der Waals surface area contributed by atoms with Gasteiger partial charge in [-0.25, -0.2) is 4.98 Å². The lowest BCUT2D eigenvalue weighted by Gasteiger charge is -2.26. The molecule has 1 saturated carbocycles. The van der Waals surface area contributed by atoms with Gasteiger partial charge in [0, 0.05) is 4.88 Å². The van der Waals surface area contributed by atoms with E-state index in [1.807, 2.05) is 0 Å². The van der Waals surface area contributed by atoms with Crippen LogP contribution in [0.1, 0.15) is 49.1 Å². The molecule has 1 aromatic heterocycles. The Balaban J connectivity index is 1.70. The van der Waals surface area contributed by atoms with E-state index in [0.717, 1.165) is 37.8 Å². The Kier molecular flexibility index (Phi) is 4.24. The first kappa shape index (κ1) is 14.5. The second-order valence-electron chi connectivity index (χ2n) is 5.92. The fourth-order valence-corrected chi connectivity index (χ4v) is 4.40. The van der Waals surface area contributed by atoms with Gasteiger partial charge in [-0.05, 0) is 38.5 Å². The summed E-state index contributed by atoms with van der Waals surface area (Å²) in [6, 6.07) is 0. The quantitative estimate of drug-likeness (QED) is 0.900. The summed E-state index contributed by atoms with van der Waals surface area (Å²) in [4.78, 5) is 29.4. The molecule has 2 N–H and O–H groups in total. The van der Waals surface area contributed by atoms with E-state index in [2.05, 4.69) is 10.3 Å². The maximum Gasteiger partial charge on any atom is 0.307 e. The highest BCUT2D eigenvalue weighted by molar-refractivity contribution is 7.15. The van der Waals surface area contributed by atoms with E-state index in [9.17, 15) is 14.7 Å². The van der Waals surface area contributed by atoms with Gasteiger partial charge < -0.3 is 10.4 Å². The van der Waals surface area contributed by atoms with Crippen molar-refractivity contribution in [2.45, 2.75) is 51.4 Å². The minimum atomic E-state index is -0.853. The number of carbonyl (C=O) groups excluding carboxylic acids is 1. The van der Waals surface area contributed by atoms with Crippen molar-refractivity contribution in [2.24, 2.45) is 11.8 Å². The van der Waals surface area contributed by atoms with Gasteiger partial charge in [0.25, 0.3) is 0 Å². The fraction of sp³-hybridized carbons (Fsp3) is 0.667. The number of aromatic nitrogens is 1. The number of fused-ring (bicyclic) bond motifs is 1. The lowest BCUT2D eigenvalue weighted by molar-refractivity contribution is -0.147. The SMILES string of the molecule is O=C(Nc1nc2c(s1)CCCC2)[C@H]1CCCC[C@H]1C(=O)O. The Morgan fingerprint density at radius 2 is 1.81 bits per heavy atom. The predicted octanol–water partition coefficient (Wildman–Crippen LogP) is 2.85. The number of carboxylic acids is 1. The topological polar surface area (TPSA) is 79.3 Å². The molecule has 3 rings (SSSR count). The third-order valence-electron chi connectivity index (χ3n) is 4.50. The van der Waals surface area contributed by atoms with Crippen LogP contribution in [-0.2, 0) is 22.4 Å². The summed E-state index contributed by atoms with van der Waals surface area (Å²) in [5.41, 5.74) is 1.11. The summed E-state index contributed by atoms with van der Waals surface area (Å²) >= 11 is 1.55. The van der Waals surface area contributed by atoms with Gasteiger partial charge >= 0.3 is 5.97 Å². The second-order valence-corrected chi connectivity index (χ2v) is 7.00. The number of thiazole rings is 1. The van der Waals surface area contributed by atoms with E-state index < -0.39 is 17.8 Å². The zero-order valence-corrected chi connectivity index (χ0v) is 12.7. The lowest BCUT2D eigenvalue weighted by Crippen LogP contribution is -2.36. The summed E-state index contributed by atoms with van der Waals surface area (Å²) in [6.45, 7) is 0. The zero-order chi connectivity index (χ0) is 14.8. The van der Waals surface area contributed by atoms with Gasteiger partial charge in [-0.15, -0.1) is 11.3 Å². The van der Waals surface area contributed by atoms with Crippen molar-refractivity contribution in [2.75, 3.05) is 5.32 Å². The summed E-state index contributed by atoms with van der Waals surface area (Å²) in [7, 11) is 0. The lowest BCUT2D eigenvalue weighted by atomic mass is 9.79. The largest absolute Gasteiger partial charge is 0.481 e. The van der Waals surface area contributed by atoms with Crippen LogP contribution in [0, 0.1) is 11.8 Å². The van der Waals surface area contributed by atoms with E-state index >= 15 is 0 Å². The van der Waals surface area contributed by atoms with Gasteiger partial charge in [0.1, 0.15) is 0 Å². The summed E-state index contributed by atoms with van der Waals surface area (Å²) in [6.07, 6.45) is 7.46. The molecule has 0 unspecified atom stereocenters. The second kappa shape index (κ2) is 6.13. The molecule has 1 fully saturated rings. The van der Waals surface area contributed by atoms with E-state index in [0.29, 0.717) is 18.0 Å². The molecule has 114 valence electrons. The van der Waals surface area contributed by atoms with E-state index in [1.165, 1.54) is 11.3 Å². The smallest absolute Gasteiger partial charge is 0.307 e. The number of aryl methyl sites for hydroxylation is 2. The van der Waals surface area contributed by atoms with Gasteiger partial charge in [0.2, 0.25) is 5.91 Å². The van der Waals surface area contributed by atoms with Crippen LogP contribution in [0.25, 0.3) is 0 Å². The minimum absolute atomic E-state index is 0.173. The molecule has 0 spiro atoms. The van der Waals surface area contributed by atoms with E-state index in [4.69, 9.17) is 0 Å². The highest BCUT2D eigenvalue weighted by Crippen LogP contribution is 2.33. The Labute approximate surface area is 127 Å². The first-order valence-corrected chi connectivity index (χ1v) is 8.49. The van der Waals surface area contributed by atoms with Crippen LogP contribution in [0.2, 0.25) is 0 Å². The number of nitrogens with zero attached hydrogens (tertiary/aromatic N) is 1. The molecule has 6 heteroatoms. The first-order valence-electron chi connectivity index (χ1n) is 7.67. The van der Waals surface area contributed by atoms with Gasteiger partial charge in [-0.3, -0.25) is 9.59 Å². The van der Waals surface area contributed by atoms with Gasteiger partial charge in [-0.1, -0.05) is 12.8 Å². The number of aliphatic carboxylic acids is 1. The zero-order valence-electron chi connectivity index (χ0n) is 11.9. The molecule has 21 heavy (non-hydrogen) atoms. The minimum Gasteiger partial charge on any atom is -0.481 e. The van der Waals surface area contributed by atoms with Crippen LogP contribution in [0.4, 0.5) is 5.13 Å². The van der Waals surface area contributed by atoms with E-state index in [1.54, 1.807) is 11.3 Å². The van der Waals surface area contributed by atoms with Gasteiger partial charge in [0.05, 0.1) is 17.5 Å². The van der Waals surface area contributed by atoms with Gasteiger partial charge in [0.15, 0.2) is 5.13 Å². The molecular formula is C15H20N2O3S. The summed E-state index contributed by atoms with van der Waals surface area (Å²) in [5, 5.41) is 12.8. The van der Waals surface area contributed by atoms with Crippen molar-refractivity contribution >= 4 is 28.3 Å². The third-order valence-corrected chi connectivity index (χ3v) is 5.57. The molecule has 2 aliphatic rings. The molecule has 1 amide bonds. The van der Waals surface area contributed by atoms with Crippen molar-refractivity contribution in [3.8, 4) is 0 Å². The van der Waals surface area contributed by atoms with Crippen LogP contribution < -0.4 is 5.32 Å². The van der Waals surface area contributed by atoms with Crippen molar-refractivity contribution in [3.05, 3.63) is 10.6 Å². The molecular weight excluding hydrogens is 288 g/mol. The number of anilines is 1. The fourth-order valence-electron chi connectivity index (χ4n) is 3.34. The van der Waals surface area contributed by atoms with Crippen LogP contribution >= 0.6 is 11.3 Å². The summed E-state index contributed by atoms with van der Waals surface area (Å²) in [5.74, 6) is -1.99. The Bertz CT molecular complexity index is 532. The Morgan fingerprint density at radius 1 is 1.10 bits per heavy atom. The van der Waals surface area contributed by atoms with Crippen molar-refractivity contribution in [1.29, 1.82) is 0 Å². The molecule has 0 aromatic carbocycles. The normalized spacial score (nSPS) is 25.1. The summed E-state index contributed by atoms with van der Waals surface area (Å²) < 4.78 is 0. The number of hydrogen-bond donors (Lipinski definition) is 2. The number of carbonyl (C=O) groups is 2. The van der Waals surface area contributed by atoms with E-state index in [-0.39, 0.29) is 5.91 Å². The Hall–Kier alpha value is -1.43. The molecule has 1 heterocycles. The molecule has 2 atom stereocenters. The van der Waals surface area contributed by atoms with Crippen LogP contribution in [0.5, 0.6) is 0 Å². The molecule has 0 saturated heterocycles. The number of rotatable bonds is 3. The number of nitrogens with one attached hydrogen (secondary N) is 1. The van der Waals surface area contributed by atoms with Crippen LogP contribution in [0.3, 0.4) is 0 Å². The number of amides is 1. The molecule has 0 radical (unpaired) electrons. The maximum atomic E-state index is 12.4. The highest BCUT2D eigenvalue weighted by Gasteiger charge is 2.36. The molecule has 5 nitrogen and oxygen atoms in total. The van der Waals surface area contributed by atoms with Crippen LogP contribution in [0.15, 0.2) is 0 Å². The Morgan fingerprint density at radius 3 is 2.52 bits per heavy atom. The number of hydrogen-bond acceptors (Lipinski definition) is 4. The third kappa shape index (κ3) is 3.10. The van der Waals surface area contributed by atoms with Crippen molar-refractivity contribution < 1.29 is 14.7 Å². The van der Waals surface area contributed by atoms with Crippen molar-refractivity contribution in [3.63, 3.8) is 0 Å². The molecule has 0 aliphatic heterocycles. The molecule has 0 bridgehead atoms. The van der Waals surface area contributed by atoms with Gasteiger partial charge in [-0.2, -0.15) is 0 Å². The standard InChI is InChI=1S/C15H20N2O3S/c18-13(9-5-1-2-6-10(9)14(19)20)17-15-16-11-7-3-4-8-12(11)21-15/h9-10H,1-8H2,(H,19,20)(H,16,17,18)/t9-,10+/m0/s1. The first-order chi connectivity index (χ1) is 10.1. The maximum absolute atomic E-state index is 12.4.